The first-order valence-corrected chi connectivity index (χ1v) is 6.01. The van der Waals surface area contributed by atoms with Gasteiger partial charge in [0.25, 0.3) is 0 Å². The second-order valence-corrected chi connectivity index (χ2v) is 4.31. The molecule has 3 heteroatoms. The van der Waals surface area contributed by atoms with E-state index in [1.165, 1.54) is 0 Å². The van der Waals surface area contributed by atoms with E-state index < -0.39 is 0 Å². The summed E-state index contributed by atoms with van der Waals surface area (Å²) < 4.78 is 0.996. The Labute approximate surface area is 99.2 Å². The summed E-state index contributed by atoms with van der Waals surface area (Å²) in [6, 6.07) is 7.44. The summed E-state index contributed by atoms with van der Waals surface area (Å²) in [6.45, 7) is 4.85. The van der Waals surface area contributed by atoms with Gasteiger partial charge in [-0.1, -0.05) is 41.9 Å². The van der Waals surface area contributed by atoms with E-state index in [4.69, 9.17) is 0 Å². The van der Waals surface area contributed by atoms with Crippen LogP contribution in [0, 0.1) is 0 Å². The summed E-state index contributed by atoms with van der Waals surface area (Å²) in [5.74, 6) is 0.173. The zero-order valence-electron chi connectivity index (χ0n) is 9.09. The number of carbonyl (C=O) groups is 1. The van der Waals surface area contributed by atoms with Gasteiger partial charge in [-0.05, 0) is 25.1 Å². The lowest BCUT2D eigenvalue weighted by Crippen LogP contribution is -2.35. The van der Waals surface area contributed by atoms with Gasteiger partial charge in [0.15, 0.2) is 5.78 Å². The maximum absolute atomic E-state index is 12.0. The maximum Gasteiger partial charge on any atom is 0.179 e. The summed E-state index contributed by atoms with van der Waals surface area (Å²) in [5, 5.41) is 3.18. The normalized spacial score (nSPS) is 12.5. The minimum Gasteiger partial charge on any atom is -0.307 e. The van der Waals surface area contributed by atoms with Gasteiger partial charge in [0.1, 0.15) is 0 Å². The highest BCUT2D eigenvalue weighted by Crippen LogP contribution is 2.12. The molecule has 1 aromatic rings. The van der Waals surface area contributed by atoms with Crippen LogP contribution in [0.3, 0.4) is 0 Å². The Balaban J connectivity index is 2.78. The predicted octanol–water partition coefficient (Wildman–Crippen LogP) is 3.02. The van der Waals surface area contributed by atoms with Crippen molar-refractivity contribution in [2.24, 2.45) is 0 Å². The summed E-state index contributed by atoms with van der Waals surface area (Å²) >= 11 is 3.35. The third kappa shape index (κ3) is 3.43. The Kier molecular flexibility index (Phi) is 4.99. The molecule has 0 aliphatic heterocycles. The van der Waals surface area contributed by atoms with E-state index in [0.717, 1.165) is 23.0 Å². The van der Waals surface area contributed by atoms with E-state index in [0.29, 0.717) is 0 Å². The molecule has 0 radical (unpaired) electrons. The molecule has 0 saturated carbocycles. The van der Waals surface area contributed by atoms with Crippen molar-refractivity contribution in [2.45, 2.75) is 26.3 Å². The van der Waals surface area contributed by atoms with Gasteiger partial charge < -0.3 is 5.32 Å². The van der Waals surface area contributed by atoms with Crippen LogP contribution in [0.4, 0.5) is 0 Å². The van der Waals surface area contributed by atoms with Gasteiger partial charge in [0, 0.05) is 10.0 Å². The van der Waals surface area contributed by atoms with Gasteiger partial charge in [-0.3, -0.25) is 4.79 Å². The van der Waals surface area contributed by atoms with Crippen LogP contribution in [-0.2, 0) is 0 Å². The smallest absolute Gasteiger partial charge is 0.179 e. The fourth-order valence-electron chi connectivity index (χ4n) is 1.48. The van der Waals surface area contributed by atoms with Crippen molar-refractivity contribution in [3.63, 3.8) is 0 Å². The number of carbonyl (C=O) groups excluding carboxylic acids is 1. The zero-order valence-corrected chi connectivity index (χ0v) is 10.7. The number of likely N-dealkylation sites (N-methyl/N-ethyl adjacent to an activating group) is 1. The molecule has 0 heterocycles. The molecule has 0 saturated heterocycles. The number of hydrogen-bond donors (Lipinski definition) is 1. The number of benzene rings is 1. The molecule has 1 unspecified atom stereocenters. The minimum absolute atomic E-state index is 0.0591. The number of rotatable bonds is 5. The van der Waals surface area contributed by atoms with Crippen molar-refractivity contribution in [3.05, 3.63) is 34.3 Å². The third-order valence-electron chi connectivity index (χ3n) is 2.30. The molecule has 2 nitrogen and oxygen atoms in total. The molecule has 0 fully saturated rings. The lowest BCUT2D eigenvalue weighted by Gasteiger charge is -2.14. The van der Waals surface area contributed by atoms with E-state index in [2.05, 4.69) is 21.2 Å². The lowest BCUT2D eigenvalue weighted by molar-refractivity contribution is 0.0941. The largest absolute Gasteiger partial charge is 0.307 e. The molecule has 1 rings (SSSR count). The van der Waals surface area contributed by atoms with E-state index >= 15 is 0 Å². The molecule has 1 aromatic carbocycles. The van der Waals surface area contributed by atoms with Crippen LogP contribution in [0.25, 0.3) is 0 Å². The topological polar surface area (TPSA) is 29.1 Å². The van der Waals surface area contributed by atoms with Gasteiger partial charge in [-0.15, -0.1) is 0 Å². The first-order valence-electron chi connectivity index (χ1n) is 5.22. The lowest BCUT2D eigenvalue weighted by atomic mass is 10.0. The fraction of sp³-hybridized carbons (Fsp3) is 0.417. The van der Waals surface area contributed by atoms with Crippen molar-refractivity contribution in [1.29, 1.82) is 0 Å². The standard InChI is InChI=1S/C12H16BrNO/c1-3-11(14-4-2)12(15)9-5-7-10(13)8-6-9/h5-8,11,14H,3-4H2,1-2H3. The van der Waals surface area contributed by atoms with E-state index in [-0.39, 0.29) is 11.8 Å². The molecule has 0 aromatic heterocycles. The van der Waals surface area contributed by atoms with Gasteiger partial charge in [-0.2, -0.15) is 0 Å². The molecule has 0 spiro atoms. The third-order valence-corrected chi connectivity index (χ3v) is 2.83. The highest BCUT2D eigenvalue weighted by atomic mass is 79.9. The Morgan fingerprint density at radius 2 is 1.93 bits per heavy atom. The summed E-state index contributed by atoms with van der Waals surface area (Å²) in [4.78, 5) is 12.0. The van der Waals surface area contributed by atoms with E-state index in [1.807, 2.05) is 38.1 Å². The summed E-state index contributed by atoms with van der Waals surface area (Å²) in [5.41, 5.74) is 0.769. The second kappa shape index (κ2) is 6.03. The van der Waals surface area contributed by atoms with Crippen LogP contribution < -0.4 is 5.32 Å². The fourth-order valence-corrected chi connectivity index (χ4v) is 1.75. The van der Waals surface area contributed by atoms with Crippen LogP contribution in [0.15, 0.2) is 28.7 Å². The zero-order chi connectivity index (χ0) is 11.3. The number of Topliss-reactive ketones (excluding diaryl/α,β-unsaturated/α-hetero) is 1. The van der Waals surface area contributed by atoms with Crippen LogP contribution >= 0.6 is 15.9 Å². The molecular formula is C12H16BrNO. The average molecular weight is 270 g/mol. The highest BCUT2D eigenvalue weighted by Gasteiger charge is 2.16. The quantitative estimate of drug-likeness (QED) is 0.833. The highest BCUT2D eigenvalue weighted by molar-refractivity contribution is 9.10. The maximum atomic E-state index is 12.0. The molecule has 15 heavy (non-hydrogen) atoms. The minimum atomic E-state index is -0.0591. The number of ketones is 1. The Hall–Kier alpha value is -0.670. The van der Waals surface area contributed by atoms with Crippen molar-refractivity contribution in [3.8, 4) is 0 Å². The van der Waals surface area contributed by atoms with Gasteiger partial charge in [0.2, 0.25) is 0 Å². The van der Waals surface area contributed by atoms with Crippen molar-refractivity contribution < 1.29 is 4.79 Å². The average Bonchev–Trinajstić information content (AvgIpc) is 2.26. The molecule has 1 N–H and O–H groups in total. The van der Waals surface area contributed by atoms with Crippen molar-refractivity contribution in [1.82, 2.24) is 5.32 Å². The van der Waals surface area contributed by atoms with Crippen molar-refractivity contribution >= 4 is 21.7 Å². The molecule has 0 bridgehead atoms. The molecule has 82 valence electrons. The Morgan fingerprint density at radius 3 is 2.40 bits per heavy atom. The first-order chi connectivity index (χ1) is 7.19. The molecule has 1 atom stereocenters. The number of halogens is 1. The number of nitrogens with one attached hydrogen (secondary N) is 1. The van der Waals surface area contributed by atoms with Crippen LogP contribution in [0.1, 0.15) is 30.6 Å². The number of hydrogen-bond acceptors (Lipinski definition) is 2. The monoisotopic (exact) mass is 269 g/mol. The van der Waals surface area contributed by atoms with Gasteiger partial charge in [0.05, 0.1) is 6.04 Å². The Morgan fingerprint density at radius 1 is 1.33 bits per heavy atom. The SMILES string of the molecule is CCNC(CC)C(=O)c1ccc(Br)cc1. The Bertz CT molecular complexity index is 321. The van der Waals surface area contributed by atoms with Crippen LogP contribution in [-0.4, -0.2) is 18.4 Å². The predicted molar refractivity (Wildman–Crippen MR) is 66.2 cm³/mol. The summed E-state index contributed by atoms with van der Waals surface area (Å²) in [7, 11) is 0. The summed E-state index contributed by atoms with van der Waals surface area (Å²) in [6.07, 6.45) is 0.822. The second-order valence-electron chi connectivity index (χ2n) is 3.39. The molecular weight excluding hydrogens is 254 g/mol. The molecule has 0 amide bonds. The van der Waals surface area contributed by atoms with Gasteiger partial charge in [-0.25, -0.2) is 0 Å². The molecule has 0 aliphatic rings. The van der Waals surface area contributed by atoms with E-state index in [9.17, 15) is 4.79 Å². The van der Waals surface area contributed by atoms with Crippen LogP contribution in [0.5, 0.6) is 0 Å². The first kappa shape index (κ1) is 12.4. The van der Waals surface area contributed by atoms with Gasteiger partial charge >= 0.3 is 0 Å². The molecule has 0 aliphatic carbocycles. The van der Waals surface area contributed by atoms with Crippen molar-refractivity contribution in [2.75, 3.05) is 6.54 Å². The van der Waals surface area contributed by atoms with E-state index in [1.54, 1.807) is 0 Å². The van der Waals surface area contributed by atoms with Crippen LogP contribution in [0.2, 0.25) is 0 Å².